The third-order valence-corrected chi connectivity index (χ3v) is 4.65. The molecule has 0 aliphatic carbocycles. The summed E-state index contributed by atoms with van der Waals surface area (Å²) in [7, 11) is 0. The number of anilines is 2. The minimum Gasteiger partial charge on any atom is -0.486 e. The molecule has 1 aromatic heterocycles. The Hall–Kier alpha value is -3.55. The summed E-state index contributed by atoms with van der Waals surface area (Å²) in [5, 5.41) is 5.57. The number of fused-ring (bicyclic) bond motifs is 4. The van der Waals surface area contributed by atoms with E-state index in [9.17, 15) is 9.59 Å². The Labute approximate surface area is 154 Å². The maximum Gasteiger partial charge on any atom is 0.250 e. The molecule has 3 aromatic rings. The van der Waals surface area contributed by atoms with E-state index in [4.69, 9.17) is 9.47 Å². The van der Waals surface area contributed by atoms with Crippen LogP contribution in [0.15, 0.2) is 42.5 Å². The lowest BCUT2D eigenvalue weighted by molar-refractivity contribution is -0.123. The van der Waals surface area contributed by atoms with Crippen molar-refractivity contribution < 1.29 is 19.1 Å². The summed E-state index contributed by atoms with van der Waals surface area (Å²) in [6.45, 7) is 0.986. The largest absolute Gasteiger partial charge is 0.486 e. The number of benzene rings is 2. The van der Waals surface area contributed by atoms with Gasteiger partial charge in [-0.15, -0.1) is 0 Å². The lowest BCUT2D eigenvalue weighted by Gasteiger charge is -2.19. The van der Waals surface area contributed by atoms with Crippen LogP contribution in [0, 0.1) is 0 Å². The van der Waals surface area contributed by atoms with Crippen LogP contribution in [0.4, 0.5) is 11.6 Å². The molecule has 0 radical (unpaired) electrons. The van der Waals surface area contributed by atoms with Crippen molar-refractivity contribution >= 4 is 34.5 Å². The van der Waals surface area contributed by atoms with E-state index < -0.39 is 6.04 Å². The summed E-state index contributed by atoms with van der Waals surface area (Å²) in [5.41, 5.74) is 2.20. The van der Waals surface area contributed by atoms with E-state index >= 15 is 0 Å². The molecule has 2 aromatic carbocycles. The molecular weight excluding hydrogens is 348 g/mol. The number of para-hydroxylation sites is 2. The highest BCUT2D eigenvalue weighted by atomic mass is 16.6. The van der Waals surface area contributed by atoms with E-state index in [0.29, 0.717) is 36.3 Å². The van der Waals surface area contributed by atoms with E-state index in [1.54, 1.807) is 22.8 Å². The highest BCUT2D eigenvalue weighted by Crippen LogP contribution is 2.34. The zero-order chi connectivity index (χ0) is 18.4. The highest BCUT2D eigenvalue weighted by Gasteiger charge is 2.34. The Morgan fingerprint density at radius 3 is 2.89 bits per heavy atom. The van der Waals surface area contributed by atoms with Crippen molar-refractivity contribution in [2.45, 2.75) is 12.5 Å². The molecule has 3 heterocycles. The quantitative estimate of drug-likeness (QED) is 0.744. The zero-order valence-corrected chi connectivity index (χ0v) is 14.3. The Balaban J connectivity index is 1.37. The molecule has 2 aliphatic rings. The average molecular weight is 364 g/mol. The maximum atomic E-state index is 12.6. The van der Waals surface area contributed by atoms with Crippen molar-refractivity contribution in [2.75, 3.05) is 23.8 Å². The summed E-state index contributed by atoms with van der Waals surface area (Å²) in [6.07, 6.45) is 0.00757. The molecule has 1 atom stereocenters. The van der Waals surface area contributed by atoms with Crippen LogP contribution in [-0.4, -0.2) is 34.6 Å². The Kier molecular flexibility index (Phi) is 3.49. The van der Waals surface area contributed by atoms with Crippen molar-refractivity contribution in [2.24, 2.45) is 0 Å². The van der Waals surface area contributed by atoms with Gasteiger partial charge >= 0.3 is 0 Å². The lowest BCUT2D eigenvalue weighted by Crippen LogP contribution is -2.23. The van der Waals surface area contributed by atoms with Crippen LogP contribution in [-0.2, 0) is 9.59 Å². The maximum absolute atomic E-state index is 12.6. The first-order valence-corrected chi connectivity index (χ1v) is 8.66. The number of amides is 2. The van der Waals surface area contributed by atoms with Crippen molar-refractivity contribution in [3.05, 3.63) is 42.5 Å². The molecule has 0 unspecified atom stereocenters. The Bertz CT molecular complexity index is 1070. The molecule has 0 bridgehead atoms. The molecule has 2 amide bonds. The van der Waals surface area contributed by atoms with Crippen LogP contribution in [0.25, 0.3) is 11.0 Å². The topological polar surface area (TPSA) is 94.5 Å². The lowest BCUT2D eigenvalue weighted by atomic mass is 10.1. The van der Waals surface area contributed by atoms with Crippen molar-refractivity contribution in [3.63, 3.8) is 0 Å². The summed E-state index contributed by atoms with van der Waals surface area (Å²) < 4.78 is 12.8. The van der Waals surface area contributed by atoms with E-state index in [1.165, 1.54) is 0 Å². The summed E-state index contributed by atoms with van der Waals surface area (Å²) in [5.74, 6) is 1.22. The fourth-order valence-corrected chi connectivity index (χ4v) is 3.45. The molecule has 8 nitrogen and oxygen atoms in total. The first kappa shape index (κ1) is 15.7. The number of aromatic nitrogens is 2. The van der Waals surface area contributed by atoms with Gasteiger partial charge < -0.3 is 14.8 Å². The number of ether oxygens (including phenoxy) is 2. The van der Waals surface area contributed by atoms with Gasteiger partial charge in [-0.3, -0.25) is 19.5 Å². The third kappa shape index (κ3) is 2.66. The molecule has 27 heavy (non-hydrogen) atoms. The first-order chi connectivity index (χ1) is 13.2. The molecule has 0 fully saturated rings. The number of carbonyl (C=O) groups excluding carboxylic acids is 2. The number of nitrogens with zero attached hydrogens (tertiary/aromatic N) is 2. The summed E-state index contributed by atoms with van der Waals surface area (Å²) in [6, 6.07) is 12.1. The van der Waals surface area contributed by atoms with Gasteiger partial charge in [0, 0.05) is 11.8 Å². The van der Waals surface area contributed by atoms with Gasteiger partial charge in [-0.1, -0.05) is 12.1 Å². The van der Waals surface area contributed by atoms with Gasteiger partial charge in [0.1, 0.15) is 19.3 Å². The fourth-order valence-electron chi connectivity index (χ4n) is 3.45. The number of rotatable bonds is 3. The third-order valence-electron chi connectivity index (χ3n) is 4.65. The van der Waals surface area contributed by atoms with Crippen LogP contribution in [0.3, 0.4) is 0 Å². The molecule has 8 heteroatoms. The highest BCUT2D eigenvalue weighted by molar-refractivity contribution is 6.03. The second-order valence-corrected chi connectivity index (χ2v) is 6.41. The average Bonchev–Trinajstić information content (AvgIpc) is 3.17. The van der Waals surface area contributed by atoms with Crippen LogP contribution in [0.1, 0.15) is 12.5 Å². The van der Waals surface area contributed by atoms with Crippen molar-refractivity contribution in [1.82, 2.24) is 9.55 Å². The standard InChI is InChI=1S/C19H16N4O4/c24-17(20-11-5-6-15-16(9-11)27-8-7-26-15)10-14-18(25)22-19-21-12-3-1-2-4-13(12)23(14)19/h1-6,9,14H,7-8,10H2,(H,20,24)(H,21,22,25)/t14-/m0/s1. The van der Waals surface area contributed by atoms with Gasteiger partial charge in [-0.2, -0.15) is 0 Å². The van der Waals surface area contributed by atoms with Gasteiger partial charge in [0.2, 0.25) is 17.8 Å². The van der Waals surface area contributed by atoms with E-state index in [-0.39, 0.29) is 18.2 Å². The summed E-state index contributed by atoms with van der Waals surface area (Å²) >= 11 is 0. The Morgan fingerprint density at radius 2 is 2.00 bits per heavy atom. The van der Waals surface area contributed by atoms with Crippen LogP contribution in [0.5, 0.6) is 11.5 Å². The van der Waals surface area contributed by atoms with Crippen molar-refractivity contribution in [1.29, 1.82) is 0 Å². The SMILES string of the molecule is O=C(C[C@H]1C(=O)Nc2nc3ccccc3n21)Nc1ccc2c(c1)OCCO2. The number of carbonyl (C=O) groups is 2. The monoisotopic (exact) mass is 364 g/mol. The second kappa shape index (κ2) is 6.01. The molecule has 136 valence electrons. The molecule has 5 rings (SSSR count). The second-order valence-electron chi connectivity index (χ2n) is 6.41. The normalized spacial score (nSPS) is 17.5. The smallest absolute Gasteiger partial charge is 0.250 e. The predicted octanol–water partition coefficient (Wildman–Crippen LogP) is 2.33. The molecule has 0 saturated heterocycles. The number of imidazole rings is 1. The number of nitrogens with one attached hydrogen (secondary N) is 2. The minimum absolute atomic E-state index is 0.00757. The van der Waals surface area contributed by atoms with Gasteiger partial charge in [0.15, 0.2) is 11.5 Å². The molecule has 2 N–H and O–H groups in total. The minimum atomic E-state index is -0.635. The molecule has 0 saturated carbocycles. The molecular formula is C19H16N4O4. The van der Waals surface area contributed by atoms with Gasteiger partial charge in [-0.05, 0) is 24.3 Å². The van der Waals surface area contributed by atoms with E-state index in [0.717, 1.165) is 11.0 Å². The number of hydrogen-bond acceptors (Lipinski definition) is 5. The first-order valence-electron chi connectivity index (χ1n) is 8.66. The van der Waals surface area contributed by atoms with Crippen molar-refractivity contribution in [3.8, 4) is 11.5 Å². The van der Waals surface area contributed by atoms with Gasteiger partial charge in [0.05, 0.1) is 17.5 Å². The Morgan fingerprint density at radius 1 is 1.19 bits per heavy atom. The van der Waals surface area contributed by atoms with Crippen LogP contribution >= 0.6 is 0 Å². The van der Waals surface area contributed by atoms with Gasteiger partial charge in [-0.25, -0.2) is 4.98 Å². The van der Waals surface area contributed by atoms with E-state index in [2.05, 4.69) is 15.6 Å². The predicted molar refractivity (Wildman–Crippen MR) is 98.1 cm³/mol. The zero-order valence-electron chi connectivity index (χ0n) is 14.3. The summed E-state index contributed by atoms with van der Waals surface area (Å²) in [4.78, 5) is 29.3. The van der Waals surface area contributed by atoms with E-state index in [1.807, 2.05) is 24.3 Å². The molecule has 0 spiro atoms. The molecule has 2 aliphatic heterocycles. The number of hydrogen-bond donors (Lipinski definition) is 2. The van der Waals surface area contributed by atoms with Crippen LogP contribution < -0.4 is 20.1 Å². The fraction of sp³-hybridized carbons (Fsp3) is 0.211. The van der Waals surface area contributed by atoms with Crippen LogP contribution in [0.2, 0.25) is 0 Å². The van der Waals surface area contributed by atoms with Gasteiger partial charge in [0.25, 0.3) is 0 Å².